The standard InChI is InChI=1S/C18H23N3O.ClH/c1-13(19)15-8-5-11-21(12-15)18(22)17-10-9-16(20-17)14-6-3-2-4-7-14;/h2-4,6-7,9-10,13,15,20H,5,8,11-12,19H2,1H3;1H. The molecule has 0 spiro atoms. The zero-order valence-electron chi connectivity index (χ0n) is 13.4. The van der Waals surface area contributed by atoms with Crippen LogP contribution in [0.3, 0.4) is 0 Å². The van der Waals surface area contributed by atoms with Crippen molar-refractivity contribution in [3.63, 3.8) is 0 Å². The Kier molecular flexibility index (Phi) is 5.85. The summed E-state index contributed by atoms with van der Waals surface area (Å²) in [5.74, 6) is 0.480. The lowest BCUT2D eigenvalue weighted by Crippen LogP contribution is -2.45. The first-order chi connectivity index (χ1) is 10.6. The van der Waals surface area contributed by atoms with Gasteiger partial charge >= 0.3 is 0 Å². The highest BCUT2D eigenvalue weighted by molar-refractivity contribution is 5.93. The summed E-state index contributed by atoms with van der Waals surface area (Å²) in [5.41, 5.74) is 8.73. The van der Waals surface area contributed by atoms with E-state index >= 15 is 0 Å². The predicted molar refractivity (Wildman–Crippen MR) is 95.8 cm³/mol. The number of nitrogens with two attached hydrogens (primary N) is 1. The maximum absolute atomic E-state index is 12.7. The van der Waals surface area contributed by atoms with E-state index in [4.69, 9.17) is 5.73 Å². The molecule has 0 saturated carbocycles. The molecule has 2 atom stereocenters. The van der Waals surface area contributed by atoms with Gasteiger partial charge in [0.25, 0.3) is 5.91 Å². The minimum Gasteiger partial charge on any atom is -0.351 e. The lowest BCUT2D eigenvalue weighted by atomic mass is 9.92. The zero-order chi connectivity index (χ0) is 15.5. The van der Waals surface area contributed by atoms with Crippen LogP contribution in [0, 0.1) is 5.92 Å². The molecule has 2 heterocycles. The first kappa shape index (κ1) is 17.6. The number of hydrogen-bond donors (Lipinski definition) is 2. The van der Waals surface area contributed by atoms with Gasteiger partial charge in [0, 0.05) is 24.8 Å². The lowest BCUT2D eigenvalue weighted by Gasteiger charge is -2.34. The number of nitrogens with zero attached hydrogens (tertiary/aromatic N) is 1. The van der Waals surface area contributed by atoms with Gasteiger partial charge in [0.2, 0.25) is 0 Å². The van der Waals surface area contributed by atoms with Crippen LogP contribution in [0.1, 0.15) is 30.3 Å². The smallest absolute Gasteiger partial charge is 0.270 e. The topological polar surface area (TPSA) is 62.1 Å². The number of rotatable bonds is 3. The second-order valence-electron chi connectivity index (χ2n) is 6.16. The number of benzene rings is 1. The highest BCUT2D eigenvalue weighted by Crippen LogP contribution is 2.22. The van der Waals surface area contributed by atoms with E-state index in [9.17, 15) is 4.79 Å². The summed E-state index contributed by atoms with van der Waals surface area (Å²) in [7, 11) is 0. The number of carbonyl (C=O) groups excluding carboxylic acids is 1. The first-order valence-electron chi connectivity index (χ1n) is 7.94. The van der Waals surface area contributed by atoms with E-state index in [1.165, 1.54) is 0 Å². The van der Waals surface area contributed by atoms with E-state index in [1.807, 2.05) is 54.3 Å². The van der Waals surface area contributed by atoms with Gasteiger partial charge in [-0.15, -0.1) is 12.4 Å². The number of carbonyl (C=O) groups is 1. The highest BCUT2D eigenvalue weighted by atomic mass is 35.5. The van der Waals surface area contributed by atoms with Crippen LogP contribution in [-0.4, -0.2) is 34.9 Å². The molecule has 23 heavy (non-hydrogen) atoms. The Morgan fingerprint density at radius 1 is 1.26 bits per heavy atom. The number of hydrogen-bond acceptors (Lipinski definition) is 2. The maximum Gasteiger partial charge on any atom is 0.270 e. The summed E-state index contributed by atoms with van der Waals surface area (Å²) in [6, 6.07) is 14.0. The Morgan fingerprint density at radius 2 is 2.00 bits per heavy atom. The van der Waals surface area contributed by atoms with Crippen molar-refractivity contribution in [1.82, 2.24) is 9.88 Å². The molecule has 1 aliphatic rings. The van der Waals surface area contributed by atoms with Crippen molar-refractivity contribution in [2.24, 2.45) is 11.7 Å². The van der Waals surface area contributed by atoms with Crippen LogP contribution in [0.25, 0.3) is 11.3 Å². The molecule has 3 N–H and O–H groups in total. The highest BCUT2D eigenvalue weighted by Gasteiger charge is 2.27. The number of aromatic nitrogens is 1. The number of amides is 1. The van der Waals surface area contributed by atoms with Crippen molar-refractivity contribution < 1.29 is 4.79 Å². The molecule has 124 valence electrons. The van der Waals surface area contributed by atoms with Gasteiger partial charge in [-0.3, -0.25) is 4.79 Å². The Morgan fingerprint density at radius 3 is 2.70 bits per heavy atom. The molecule has 1 fully saturated rings. The Balaban J connectivity index is 0.00000192. The van der Waals surface area contributed by atoms with Crippen molar-refractivity contribution >= 4 is 18.3 Å². The Labute approximate surface area is 143 Å². The fourth-order valence-corrected chi connectivity index (χ4v) is 3.10. The third-order valence-corrected chi connectivity index (χ3v) is 4.49. The molecular formula is C18H24ClN3O. The molecule has 2 unspecified atom stereocenters. The number of likely N-dealkylation sites (tertiary alicyclic amines) is 1. The summed E-state index contributed by atoms with van der Waals surface area (Å²) in [6.07, 6.45) is 2.14. The van der Waals surface area contributed by atoms with Crippen LogP contribution < -0.4 is 5.73 Å². The molecule has 0 bridgehead atoms. The number of piperidine rings is 1. The average molecular weight is 334 g/mol. The van der Waals surface area contributed by atoms with E-state index in [1.54, 1.807) is 0 Å². The third-order valence-electron chi connectivity index (χ3n) is 4.49. The molecule has 1 aromatic carbocycles. The molecule has 0 aliphatic carbocycles. The molecule has 0 radical (unpaired) electrons. The monoisotopic (exact) mass is 333 g/mol. The second kappa shape index (κ2) is 7.66. The molecule has 1 amide bonds. The number of H-pyrrole nitrogens is 1. The zero-order valence-corrected chi connectivity index (χ0v) is 14.2. The second-order valence-corrected chi connectivity index (χ2v) is 6.16. The summed E-state index contributed by atoms with van der Waals surface area (Å²) >= 11 is 0. The number of halogens is 1. The van der Waals surface area contributed by atoms with Crippen LogP contribution in [-0.2, 0) is 0 Å². The van der Waals surface area contributed by atoms with Crippen LogP contribution in [0.4, 0.5) is 0 Å². The molecule has 2 aromatic rings. The van der Waals surface area contributed by atoms with Crippen molar-refractivity contribution in [3.05, 3.63) is 48.2 Å². The molecule has 5 heteroatoms. The van der Waals surface area contributed by atoms with Gasteiger partial charge < -0.3 is 15.6 Å². The van der Waals surface area contributed by atoms with E-state index in [0.29, 0.717) is 11.6 Å². The summed E-state index contributed by atoms with van der Waals surface area (Å²) in [5, 5.41) is 0. The van der Waals surface area contributed by atoms with Crippen LogP contribution >= 0.6 is 12.4 Å². The van der Waals surface area contributed by atoms with Crippen molar-refractivity contribution in [1.29, 1.82) is 0 Å². The van der Waals surface area contributed by atoms with Gasteiger partial charge in [0.15, 0.2) is 0 Å². The average Bonchev–Trinajstić information content (AvgIpc) is 3.05. The van der Waals surface area contributed by atoms with Crippen LogP contribution in [0.2, 0.25) is 0 Å². The first-order valence-corrected chi connectivity index (χ1v) is 7.94. The largest absolute Gasteiger partial charge is 0.351 e. The van der Waals surface area contributed by atoms with Crippen molar-refractivity contribution in [3.8, 4) is 11.3 Å². The molecular weight excluding hydrogens is 310 g/mol. The molecule has 1 saturated heterocycles. The normalized spacial score (nSPS) is 19.0. The predicted octanol–water partition coefficient (Wildman–Crippen LogP) is 3.30. The quantitative estimate of drug-likeness (QED) is 0.905. The van der Waals surface area contributed by atoms with E-state index < -0.39 is 0 Å². The minimum atomic E-state index is 0. The van der Waals surface area contributed by atoms with Gasteiger partial charge in [0.1, 0.15) is 5.69 Å². The van der Waals surface area contributed by atoms with Gasteiger partial charge in [-0.1, -0.05) is 30.3 Å². The summed E-state index contributed by atoms with van der Waals surface area (Å²) in [6.45, 7) is 3.61. The maximum atomic E-state index is 12.7. The molecule has 3 rings (SSSR count). The van der Waals surface area contributed by atoms with Gasteiger partial charge in [0.05, 0.1) is 0 Å². The van der Waals surface area contributed by atoms with Gasteiger partial charge in [-0.25, -0.2) is 0 Å². The summed E-state index contributed by atoms with van der Waals surface area (Å²) < 4.78 is 0. The fourth-order valence-electron chi connectivity index (χ4n) is 3.10. The van der Waals surface area contributed by atoms with Crippen molar-refractivity contribution in [2.75, 3.05) is 13.1 Å². The summed E-state index contributed by atoms with van der Waals surface area (Å²) in [4.78, 5) is 17.8. The lowest BCUT2D eigenvalue weighted by molar-refractivity contribution is 0.0656. The number of aromatic amines is 1. The van der Waals surface area contributed by atoms with Crippen molar-refractivity contribution in [2.45, 2.75) is 25.8 Å². The Bertz CT molecular complexity index is 639. The van der Waals surface area contributed by atoms with Gasteiger partial charge in [-0.05, 0) is 43.4 Å². The van der Waals surface area contributed by atoms with Crippen LogP contribution in [0.15, 0.2) is 42.5 Å². The van der Waals surface area contributed by atoms with Gasteiger partial charge in [-0.2, -0.15) is 0 Å². The Hall–Kier alpha value is -1.78. The number of nitrogens with one attached hydrogen (secondary N) is 1. The molecule has 1 aromatic heterocycles. The SMILES string of the molecule is CC(N)C1CCCN(C(=O)c2ccc(-c3ccccc3)[nH]2)C1.Cl. The van der Waals surface area contributed by atoms with E-state index in [-0.39, 0.29) is 24.4 Å². The minimum absolute atomic E-state index is 0. The fraction of sp³-hybridized carbons (Fsp3) is 0.389. The molecule has 1 aliphatic heterocycles. The van der Waals surface area contributed by atoms with E-state index in [2.05, 4.69) is 4.98 Å². The van der Waals surface area contributed by atoms with Crippen LogP contribution in [0.5, 0.6) is 0 Å². The third kappa shape index (κ3) is 3.95. The molecule has 4 nitrogen and oxygen atoms in total. The van der Waals surface area contributed by atoms with E-state index in [0.717, 1.165) is 37.2 Å².